The van der Waals surface area contributed by atoms with Crippen LogP contribution in [0, 0.1) is 13.8 Å². The average molecular weight is 325 g/mol. The minimum absolute atomic E-state index is 0.171. The van der Waals surface area contributed by atoms with Crippen LogP contribution in [-0.2, 0) is 11.3 Å². The van der Waals surface area contributed by atoms with Crippen LogP contribution in [0.1, 0.15) is 37.1 Å². The zero-order valence-electron chi connectivity index (χ0n) is 13.7. The van der Waals surface area contributed by atoms with Crippen molar-refractivity contribution in [3.05, 3.63) is 16.4 Å². The molecule has 0 bridgehead atoms. The lowest BCUT2D eigenvalue weighted by atomic mass is 10.0. The molecule has 1 amide bonds. The zero-order valence-corrected chi connectivity index (χ0v) is 14.4. The maximum Gasteiger partial charge on any atom is 0.244 e. The number of hydrogen-bond acceptors (Lipinski definition) is 3. The zero-order chi connectivity index (χ0) is 15.9. The summed E-state index contributed by atoms with van der Waals surface area (Å²) in [6, 6.07) is 0.892. The molecular formula is C16H25ClN4O. The molecule has 2 saturated heterocycles. The van der Waals surface area contributed by atoms with E-state index in [9.17, 15) is 4.79 Å². The lowest BCUT2D eigenvalue weighted by Gasteiger charge is -2.33. The Kier molecular flexibility index (Phi) is 4.46. The molecule has 3 heterocycles. The lowest BCUT2D eigenvalue weighted by molar-refractivity contribution is -0.133. The van der Waals surface area contributed by atoms with E-state index in [-0.39, 0.29) is 5.91 Å². The van der Waals surface area contributed by atoms with Gasteiger partial charge in [0, 0.05) is 18.6 Å². The van der Waals surface area contributed by atoms with Crippen LogP contribution in [0.4, 0.5) is 0 Å². The number of likely N-dealkylation sites (N-methyl/N-ethyl adjacent to an activating group) is 1. The van der Waals surface area contributed by atoms with Gasteiger partial charge in [-0.25, -0.2) is 0 Å². The van der Waals surface area contributed by atoms with Crippen molar-refractivity contribution in [2.45, 2.75) is 58.2 Å². The van der Waals surface area contributed by atoms with E-state index in [0.29, 0.717) is 23.7 Å². The summed E-state index contributed by atoms with van der Waals surface area (Å²) in [6.45, 7) is 6.12. The van der Waals surface area contributed by atoms with Crippen molar-refractivity contribution in [3.8, 4) is 0 Å². The van der Waals surface area contributed by atoms with Gasteiger partial charge >= 0.3 is 0 Å². The van der Waals surface area contributed by atoms with Crippen LogP contribution in [-0.4, -0.2) is 57.7 Å². The molecule has 122 valence electrons. The third-order valence-corrected chi connectivity index (χ3v) is 5.77. The van der Waals surface area contributed by atoms with Crippen molar-refractivity contribution < 1.29 is 4.79 Å². The van der Waals surface area contributed by atoms with Gasteiger partial charge in [-0.3, -0.25) is 9.48 Å². The number of rotatable bonds is 3. The highest BCUT2D eigenvalue weighted by atomic mass is 35.5. The highest BCUT2D eigenvalue weighted by Crippen LogP contribution is 2.29. The Morgan fingerprint density at radius 1 is 1.23 bits per heavy atom. The van der Waals surface area contributed by atoms with E-state index in [2.05, 4.69) is 21.9 Å². The molecule has 2 fully saturated rings. The van der Waals surface area contributed by atoms with Crippen molar-refractivity contribution in [3.63, 3.8) is 0 Å². The highest BCUT2D eigenvalue weighted by Gasteiger charge is 2.38. The fraction of sp³-hybridized carbons (Fsp3) is 0.750. The molecule has 0 spiro atoms. The number of hydrogen-bond donors (Lipinski definition) is 0. The molecule has 0 aliphatic carbocycles. The molecule has 22 heavy (non-hydrogen) atoms. The van der Waals surface area contributed by atoms with E-state index in [1.807, 2.05) is 13.8 Å². The predicted octanol–water partition coefficient (Wildman–Crippen LogP) is 2.24. The molecule has 0 radical (unpaired) electrons. The Labute approximate surface area is 137 Å². The largest absolute Gasteiger partial charge is 0.337 e. The summed E-state index contributed by atoms with van der Waals surface area (Å²) in [5.41, 5.74) is 1.67. The summed E-state index contributed by atoms with van der Waals surface area (Å²) in [6.07, 6.45) is 4.68. The maximum absolute atomic E-state index is 12.8. The topological polar surface area (TPSA) is 41.4 Å². The second kappa shape index (κ2) is 6.20. The Morgan fingerprint density at radius 2 is 1.91 bits per heavy atom. The van der Waals surface area contributed by atoms with Crippen molar-refractivity contribution in [2.24, 2.45) is 0 Å². The van der Waals surface area contributed by atoms with Crippen LogP contribution >= 0.6 is 11.6 Å². The third-order valence-electron chi connectivity index (χ3n) is 5.22. The fourth-order valence-corrected chi connectivity index (χ4v) is 4.11. The predicted molar refractivity (Wildman–Crippen MR) is 87.1 cm³/mol. The maximum atomic E-state index is 12.8. The number of nitrogens with zero attached hydrogens (tertiary/aromatic N) is 4. The Morgan fingerprint density at radius 3 is 2.50 bits per heavy atom. The number of carbonyl (C=O) groups excluding carboxylic acids is 1. The van der Waals surface area contributed by atoms with Crippen molar-refractivity contribution >= 4 is 17.5 Å². The van der Waals surface area contributed by atoms with Gasteiger partial charge < -0.3 is 9.80 Å². The minimum Gasteiger partial charge on any atom is -0.337 e. The molecule has 5 nitrogen and oxygen atoms in total. The standard InChI is InChI=1S/C16H25ClN4O/c1-11-16(17)12(2)21(18-11)10-15(22)20-9-5-7-14(20)13-6-4-8-19(13)3/h13-14H,4-10H2,1-3H3/t13-,14+/m0/s1. The summed E-state index contributed by atoms with van der Waals surface area (Å²) in [7, 11) is 2.18. The molecule has 0 saturated carbocycles. The SMILES string of the molecule is Cc1nn(CC(=O)N2CCC[C@@H]2[C@@H]2CCCN2C)c(C)c1Cl. The fourth-order valence-electron chi connectivity index (χ4n) is 3.97. The number of aryl methyl sites for hydroxylation is 1. The van der Waals surface area contributed by atoms with E-state index in [4.69, 9.17) is 11.6 Å². The molecule has 2 atom stereocenters. The third kappa shape index (κ3) is 2.76. The molecule has 1 aromatic rings. The van der Waals surface area contributed by atoms with Crippen LogP contribution < -0.4 is 0 Å². The van der Waals surface area contributed by atoms with Crippen LogP contribution in [0.2, 0.25) is 5.02 Å². The summed E-state index contributed by atoms with van der Waals surface area (Å²) in [5, 5.41) is 5.05. The summed E-state index contributed by atoms with van der Waals surface area (Å²) in [4.78, 5) is 17.3. The Bertz CT molecular complexity index is 571. The highest BCUT2D eigenvalue weighted by molar-refractivity contribution is 6.31. The number of likely N-dealkylation sites (tertiary alicyclic amines) is 2. The van der Waals surface area contributed by atoms with Gasteiger partial charge in [-0.2, -0.15) is 5.10 Å². The van der Waals surface area contributed by atoms with Crippen LogP contribution in [0.5, 0.6) is 0 Å². The first-order chi connectivity index (χ1) is 10.5. The first kappa shape index (κ1) is 15.8. The normalized spacial score (nSPS) is 26.1. The smallest absolute Gasteiger partial charge is 0.244 e. The first-order valence-electron chi connectivity index (χ1n) is 8.18. The number of carbonyl (C=O) groups is 1. The van der Waals surface area contributed by atoms with Gasteiger partial charge in [-0.1, -0.05) is 11.6 Å². The van der Waals surface area contributed by atoms with Crippen LogP contribution in [0.3, 0.4) is 0 Å². The molecule has 2 aliphatic rings. The van der Waals surface area contributed by atoms with E-state index < -0.39 is 0 Å². The van der Waals surface area contributed by atoms with Gasteiger partial charge in [0.2, 0.25) is 5.91 Å². The second-order valence-corrected chi connectivity index (χ2v) is 7.01. The molecule has 0 aromatic carbocycles. The van der Waals surface area contributed by atoms with Gasteiger partial charge in [0.05, 0.1) is 16.4 Å². The molecule has 6 heteroatoms. The first-order valence-corrected chi connectivity index (χ1v) is 8.56. The molecule has 2 aliphatic heterocycles. The van der Waals surface area contributed by atoms with Gasteiger partial charge in [-0.05, 0) is 53.1 Å². The van der Waals surface area contributed by atoms with Crippen molar-refractivity contribution in [1.29, 1.82) is 0 Å². The number of amides is 1. The van der Waals surface area contributed by atoms with Crippen LogP contribution in [0.15, 0.2) is 0 Å². The van der Waals surface area contributed by atoms with E-state index in [0.717, 1.165) is 37.3 Å². The van der Waals surface area contributed by atoms with E-state index in [1.54, 1.807) is 4.68 Å². The van der Waals surface area contributed by atoms with Gasteiger partial charge in [0.15, 0.2) is 0 Å². The quantitative estimate of drug-likeness (QED) is 0.856. The average Bonchev–Trinajstić information content (AvgIpc) is 3.16. The van der Waals surface area contributed by atoms with Gasteiger partial charge in [0.1, 0.15) is 6.54 Å². The summed E-state index contributed by atoms with van der Waals surface area (Å²) >= 11 is 6.18. The lowest BCUT2D eigenvalue weighted by Crippen LogP contribution is -2.48. The van der Waals surface area contributed by atoms with Crippen molar-refractivity contribution in [2.75, 3.05) is 20.1 Å². The number of halogens is 1. The minimum atomic E-state index is 0.171. The molecule has 0 unspecified atom stereocenters. The monoisotopic (exact) mass is 324 g/mol. The van der Waals surface area contributed by atoms with Gasteiger partial charge in [0.25, 0.3) is 0 Å². The molecular weight excluding hydrogens is 300 g/mol. The van der Waals surface area contributed by atoms with Crippen LogP contribution in [0.25, 0.3) is 0 Å². The van der Waals surface area contributed by atoms with Crippen molar-refractivity contribution in [1.82, 2.24) is 19.6 Å². The number of aromatic nitrogens is 2. The Balaban J connectivity index is 1.72. The molecule has 0 N–H and O–H groups in total. The summed E-state index contributed by atoms with van der Waals surface area (Å²) < 4.78 is 1.74. The van der Waals surface area contributed by atoms with E-state index in [1.165, 1.54) is 12.8 Å². The molecule has 3 rings (SSSR count). The second-order valence-electron chi connectivity index (χ2n) is 6.63. The van der Waals surface area contributed by atoms with Gasteiger partial charge in [-0.15, -0.1) is 0 Å². The van der Waals surface area contributed by atoms with E-state index >= 15 is 0 Å². The molecule has 1 aromatic heterocycles. The summed E-state index contributed by atoms with van der Waals surface area (Å²) in [5.74, 6) is 0.171. The Hall–Kier alpha value is -1.07.